The van der Waals surface area contributed by atoms with Gasteiger partial charge in [-0.05, 0) is 5.41 Å². The number of carbonyl (C=O) groups excluding carboxylic acids is 1. The third-order valence-corrected chi connectivity index (χ3v) is 1.97. The van der Waals surface area contributed by atoms with Crippen LogP contribution >= 0.6 is 0 Å². The van der Waals surface area contributed by atoms with E-state index in [9.17, 15) is 9.59 Å². The lowest BCUT2D eigenvalue weighted by Gasteiger charge is -2.26. The molecular weight excluding hydrogens is 200 g/mol. The zero-order chi connectivity index (χ0) is 12.2. The van der Waals surface area contributed by atoms with Crippen molar-refractivity contribution in [2.75, 3.05) is 6.54 Å². The molecule has 0 spiro atoms. The van der Waals surface area contributed by atoms with E-state index in [1.165, 1.54) is 0 Å². The number of nitrogens with one attached hydrogen (secondary N) is 1. The van der Waals surface area contributed by atoms with Gasteiger partial charge < -0.3 is 21.3 Å². The van der Waals surface area contributed by atoms with Crippen LogP contribution in [0.25, 0.3) is 0 Å². The summed E-state index contributed by atoms with van der Waals surface area (Å²) >= 11 is 0. The van der Waals surface area contributed by atoms with Gasteiger partial charge in [-0.3, -0.25) is 4.79 Å². The molecule has 0 radical (unpaired) electrons. The van der Waals surface area contributed by atoms with Crippen LogP contribution in [-0.4, -0.2) is 40.8 Å². The molecule has 0 aromatic heterocycles. The number of carboxylic acid groups (broad SMARTS) is 1. The van der Waals surface area contributed by atoms with Gasteiger partial charge in [-0.15, -0.1) is 0 Å². The lowest BCUT2D eigenvalue weighted by molar-refractivity contribution is -0.146. The number of aliphatic hydroxyl groups is 1. The predicted molar refractivity (Wildman–Crippen MR) is 54.1 cm³/mol. The summed E-state index contributed by atoms with van der Waals surface area (Å²) in [5, 5.41) is 19.5. The average Bonchev–Trinajstić information content (AvgIpc) is 2.10. The van der Waals surface area contributed by atoms with Crippen LogP contribution < -0.4 is 11.1 Å². The molecule has 15 heavy (non-hydrogen) atoms. The Balaban J connectivity index is 4.11. The Labute approximate surface area is 88.5 Å². The smallest absolute Gasteiger partial charge is 0.334 e. The molecule has 6 heteroatoms. The normalized spacial score (nSPS) is 15.5. The first-order chi connectivity index (χ1) is 6.66. The lowest BCUT2D eigenvalue weighted by atomic mass is 9.87. The number of aliphatic carboxylic acids is 1. The molecule has 0 saturated carbocycles. The second-order valence-electron chi connectivity index (χ2n) is 4.44. The first kappa shape index (κ1) is 13.9. The highest BCUT2D eigenvalue weighted by Gasteiger charge is 2.28. The third kappa shape index (κ3) is 4.75. The Hall–Kier alpha value is -1.14. The summed E-state index contributed by atoms with van der Waals surface area (Å²) in [6.07, 6.45) is -1.60. The molecule has 2 atom stereocenters. The Morgan fingerprint density at radius 1 is 1.40 bits per heavy atom. The fraction of sp³-hybridized carbons (Fsp3) is 0.778. The van der Waals surface area contributed by atoms with Gasteiger partial charge in [-0.25, -0.2) is 4.79 Å². The quantitative estimate of drug-likeness (QED) is 0.479. The van der Waals surface area contributed by atoms with E-state index in [1.54, 1.807) is 20.8 Å². The molecule has 0 bridgehead atoms. The molecule has 1 unspecified atom stereocenters. The monoisotopic (exact) mass is 218 g/mol. The summed E-state index contributed by atoms with van der Waals surface area (Å²) in [7, 11) is 0. The molecule has 0 aliphatic carbocycles. The number of amides is 1. The van der Waals surface area contributed by atoms with E-state index in [1.807, 2.05) is 0 Å². The maximum atomic E-state index is 11.4. The molecule has 0 rings (SSSR count). The summed E-state index contributed by atoms with van der Waals surface area (Å²) in [5.74, 6) is -1.84. The van der Waals surface area contributed by atoms with Crippen molar-refractivity contribution in [2.45, 2.75) is 32.9 Å². The van der Waals surface area contributed by atoms with Gasteiger partial charge in [0.15, 0.2) is 6.10 Å². The van der Waals surface area contributed by atoms with Gasteiger partial charge in [0, 0.05) is 0 Å². The first-order valence-electron chi connectivity index (χ1n) is 4.60. The second-order valence-corrected chi connectivity index (χ2v) is 4.44. The van der Waals surface area contributed by atoms with Crippen molar-refractivity contribution in [1.82, 2.24) is 5.32 Å². The number of rotatable bonds is 4. The minimum atomic E-state index is -1.60. The first-order valence-corrected chi connectivity index (χ1v) is 4.60. The zero-order valence-corrected chi connectivity index (χ0v) is 9.15. The van der Waals surface area contributed by atoms with Gasteiger partial charge in [0.25, 0.3) is 0 Å². The van der Waals surface area contributed by atoms with E-state index in [4.69, 9.17) is 15.9 Å². The van der Waals surface area contributed by atoms with E-state index < -0.39 is 29.4 Å². The zero-order valence-electron chi connectivity index (χ0n) is 9.15. The fourth-order valence-corrected chi connectivity index (χ4v) is 0.788. The predicted octanol–water partition coefficient (Wildman–Crippen LogP) is -1.08. The van der Waals surface area contributed by atoms with E-state index in [0.717, 1.165) is 0 Å². The molecule has 1 amide bonds. The standard InChI is InChI=1S/C9H18N2O4/c1-9(2,3)6(10)7(13)11-4-5(12)8(14)15/h5-6,12H,4,10H2,1-3H3,(H,11,13)(H,14,15)/t5?,6-/m1/s1. The van der Waals surface area contributed by atoms with Crippen molar-refractivity contribution < 1.29 is 19.8 Å². The minimum Gasteiger partial charge on any atom is -0.479 e. The lowest BCUT2D eigenvalue weighted by Crippen LogP contribution is -2.50. The van der Waals surface area contributed by atoms with Crippen LogP contribution in [0.2, 0.25) is 0 Å². The van der Waals surface area contributed by atoms with Gasteiger partial charge in [-0.2, -0.15) is 0 Å². The van der Waals surface area contributed by atoms with Crippen LogP contribution in [0.4, 0.5) is 0 Å². The fourth-order valence-electron chi connectivity index (χ4n) is 0.788. The van der Waals surface area contributed by atoms with Crippen LogP contribution in [0.5, 0.6) is 0 Å². The summed E-state index contributed by atoms with van der Waals surface area (Å²) < 4.78 is 0. The second kappa shape index (κ2) is 5.09. The number of nitrogens with two attached hydrogens (primary N) is 1. The molecule has 0 aromatic carbocycles. The van der Waals surface area contributed by atoms with Gasteiger partial charge in [-0.1, -0.05) is 20.8 Å². The van der Waals surface area contributed by atoms with Crippen LogP contribution in [0.15, 0.2) is 0 Å². The van der Waals surface area contributed by atoms with Gasteiger partial charge in [0.1, 0.15) is 0 Å². The minimum absolute atomic E-state index is 0.335. The Bertz CT molecular complexity index is 247. The number of hydrogen-bond donors (Lipinski definition) is 4. The molecule has 0 aliphatic heterocycles. The van der Waals surface area contributed by atoms with Crippen molar-refractivity contribution in [2.24, 2.45) is 11.1 Å². The third-order valence-electron chi connectivity index (χ3n) is 1.97. The number of aliphatic hydroxyl groups excluding tert-OH is 1. The van der Waals surface area contributed by atoms with Gasteiger partial charge in [0.2, 0.25) is 5.91 Å². The maximum Gasteiger partial charge on any atom is 0.334 e. The molecule has 0 heterocycles. The molecule has 0 fully saturated rings. The summed E-state index contributed by atoms with van der Waals surface area (Å²) in [5.41, 5.74) is 5.21. The highest BCUT2D eigenvalue weighted by atomic mass is 16.4. The Morgan fingerprint density at radius 3 is 2.20 bits per heavy atom. The van der Waals surface area contributed by atoms with Crippen LogP contribution in [0.1, 0.15) is 20.8 Å². The highest BCUT2D eigenvalue weighted by Crippen LogP contribution is 2.16. The van der Waals surface area contributed by atoms with Crippen LogP contribution in [0, 0.1) is 5.41 Å². The Kier molecular flexibility index (Phi) is 4.70. The SMILES string of the molecule is CC(C)(C)[C@H](N)C(=O)NCC(O)C(=O)O. The van der Waals surface area contributed by atoms with E-state index >= 15 is 0 Å². The topological polar surface area (TPSA) is 113 Å². The van der Waals surface area contributed by atoms with E-state index in [0.29, 0.717) is 0 Å². The largest absolute Gasteiger partial charge is 0.479 e. The summed E-state index contributed by atoms with van der Waals surface area (Å²) in [6, 6.07) is -0.738. The molecular formula is C9H18N2O4. The number of carbonyl (C=O) groups is 2. The van der Waals surface area contributed by atoms with Gasteiger partial charge in [0.05, 0.1) is 12.6 Å². The summed E-state index contributed by atoms with van der Waals surface area (Å²) in [6.45, 7) is 5.05. The molecule has 6 nitrogen and oxygen atoms in total. The van der Waals surface area contributed by atoms with Crippen LogP contribution in [-0.2, 0) is 9.59 Å². The van der Waals surface area contributed by atoms with Crippen molar-refractivity contribution in [3.8, 4) is 0 Å². The van der Waals surface area contributed by atoms with Gasteiger partial charge >= 0.3 is 5.97 Å². The molecule has 88 valence electrons. The number of hydrogen-bond acceptors (Lipinski definition) is 4. The van der Waals surface area contributed by atoms with E-state index in [2.05, 4.69) is 5.32 Å². The Morgan fingerprint density at radius 2 is 1.87 bits per heavy atom. The highest BCUT2D eigenvalue weighted by molar-refractivity contribution is 5.83. The average molecular weight is 218 g/mol. The summed E-state index contributed by atoms with van der Waals surface area (Å²) in [4.78, 5) is 21.6. The molecule has 0 aromatic rings. The van der Waals surface area contributed by atoms with Crippen molar-refractivity contribution >= 4 is 11.9 Å². The van der Waals surface area contributed by atoms with Crippen molar-refractivity contribution in [3.05, 3.63) is 0 Å². The maximum absolute atomic E-state index is 11.4. The van der Waals surface area contributed by atoms with Crippen molar-refractivity contribution in [3.63, 3.8) is 0 Å². The van der Waals surface area contributed by atoms with Crippen molar-refractivity contribution in [1.29, 1.82) is 0 Å². The van der Waals surface area contributed by atoms with Crippen LogP contribution in [0.3, 0.4) is 0 Å². The van der Waals surface area contributed by atoms with E-state index in [-0.39, 0.29) is 6.54 Å². The molecule has 0 aliphatic rings. The molecule has 5 N–H and O–H groups in total. The molecule has 0 saturated heterocycles. The number of carboxylic acids is 1.